The lowest BCUT2D eigenvalue weighted by atomic mass is 9.67. The normalized spacial score (nSPS) is 27.6. The number of hydrogen-bond donors (Lipinski definition) is 1. The highest BCUT2D eigenvalue weighted by molar-refractivity contribution is 7.91. The van der Waals surface area contributed by atoms with Gasteiger partial charge in [-0.1, -0.05) is 17.7 Å². The van der Waals surface area contributed by atoms with Gasteiger partial charge in [0.1, 0.15) is 5.75 Å². The fourth-order valence-corrected chi connectivity index (χ4v) is 9.74. The Morgan fingerprint density at radius 3 is 2.77 bits per heavy atom. The number of hydrogen-bond acceptors (Lipinski definition) is 9. The molecule has 7 rings (SSSR count). The molecular formula is C36H42ClN3O7S. The number of carbonyl (C=O) groups is 1. The van der Waals surface area contributed by atoms with Crippen LogP contribution in [0.2, 0.25) is 5.02 Å². The minimum atomic E-state index is -3.66. The second-order valence-electron chi connectivity index (χ2n) is 13.9. The van der Waals surface area contributed by atoms with E-state index >= 15 is 0 Å². The lowest BCUT2D eigenvalue weighted by molar-refractivity contribution is -0.126. The van der Waals surface area contributed by atoms with Crippen molar-refractivity contribution >= 4 is 33.1 Å². The van der Waals surface area contributed by atoms with E-state index in [1.165, 1.54) is 23.5 Å². The van der Waals surface area contributed by atoms with Gasteiger partial charge >= 0.3 is 5.97 Å². The second kappa shape index (κ2) is 13.6. The molecule has 0 amide bonds. The average Bonchev–Trinajstić information content (AvgIpc) is 3.20. The fourth-order valence-electron chi connectivity index (χ4n) is 8.26. The van der Waals surface area contributed by atoms with E-state index in [-0.39, 0.29) is 34.1 Å². The number of carboxylic acids is 1. The molecule has 2 fully saturated rings. The SMILES string of the molecule is C[C@@H](CS(=O)(=O)c1ncccn1)O[C@H]1CCO[C@H]([C@@H]2CC[C@H]2CN2CC3(CCCc4cc(Cl)ccc43)COc3ccc(C(=O)O)cc32)C1. The number of sulfone groups is 1. The summed E-state index contributed by atoms with van der Waals surface area (Å²) in [6.45, 7) is 4.33. The number of aryl methyl sites for hydroxylation is 1. The van der Waals surface area contributed by atoms with Gasteiger partial charge in [-0.25, -0.2) is 23.2 Å². The van der Waals surface area contributed by atoms with Crippen molar-refractivity contribution in [2.45, 2.75) is 80.8 Å². The molecule has 1 saturated carbocycles. The molecule has 1 N–H and O–H groups in total. The highest BCUT2D eigenvalue weighted by Crippen LogP contribution is 2.47. The summed E-state index contributed by atoms with van der Waals surface area (Å²) in [7, 11) is -3.66. The molecule has 2 aromatic carbocycles. The zero-order valence-electron chi connectivity index (χ0n) is 27.1. The predicted molar refractivity (Wildman–Crippen MR) is 181 cm³/mol. The Labute approximate surface area is 286 Å². The van der Waals surface area contributed by atoms with Crippen LogP contribution in [0, 0.1) is 11.8 Å². The van der Waals surface area contributed by atoms with Crippen LogP contribution in [0.25, 0.3) is 0 Å². The topological polar surface area (TPSA) is 128 Å². The summed E-state index contributed by atoms with van der Waals surface area (Å²) in [6, 6.07) is 13.0. The van der Waals surface area contributed by atoms with Crippen LogP contribution in [-0.2, 0) is 31.1 Å². The van der Waals surface area contributed by atoms with Gasteiger partial charge in [0.25, 0.3) is 0 Å². The molecule has 4 aliphatic rings. The minimum absolute atomic E-state index is 0.00308. The molecule has 1 saturated heterocycles. The Morgan fingerprint density at radius 2 is 2.00 bits per heavy atom. The number of carboxylic acid groups (broad SMARTS) is 1. The van der Waals surface area contributed by atoms with Crippen molar-refractivity contribution in [1.82, 2.24) is 9.97 Å². The Bertz CT molecular complexity index is 1760. The van der Waals surface area contributed by atoms with Crippen LogP contribution in [0.1, 0.15) is 66.9 Å². The van der Waals surface area contributed by atoms with E-state index in [9.17, 15) is 18.3 Å². The summed E-state index contributed by atoms with van der Waals surface area (Å²) in [6.07, 6.45) is 8.72. The number of aromatic nitrogens is 2. The highest BCUT2D eigenvalue weighted by Gasteiger charge is 2.45. The second-order valence-corrected chi connectivity index (χ2v) is 16.3. The summed E-state index contributed by atoms with van der Waals surface area (Å²) in [5, 5.41) is 10.4. The average molecular weight is 696 g/mol. The molecule has 1 aromatic heterocycles. The molecule has 1 spiro atoms. The number of anilines is 1. The maximum atomic E-state index is 12.8. The number of nitrogens with zero attached hydrogens (tertiary/aromatic N) is 3. The van der Waals surface area contributed by atoms with Crippen LogP contribution in [0.15, 0.2) is 60.0 Å². The Kier molecular flexibility index (Phi) is 9.40. The maximum absolute atomic E-state index is 12.8. The van der Waals surface area contributed by atoms with E-state index in [1.807, 2.05) is 6.07 Å². The monoisotopic (exact) mass is 695 g/mol. The molecule has 3 aromatic rings. The fraction of sp³-hybridized carbons (Fsp3) is 0.528. The van der Waals surface area contributed by atoms with Gasteiger partial charge in [-0.3, -0.25) is 0 Å². The van der Waals surface area contributed by atoms with Crippen molar-refractivity contribution in [3.63, 3.8) is 0 Å². The molecular weight excluding hydrogens is 654 g/mol. The van der Waals surface area contributed by atoms with Crippen LogP contribution in [-0.4, -0.2) is 79.8 Å². The van der Waals surface area contributed by atoms with Crippen molar-refractivity contribution in [3.05, 3.63) is 76.6 Å². The Hall–Kier alpha value is -3.25. The molecule has 256 valence electrons. The minimum Gasteiger partial charge on any atom is -0.490 e. The summed E-state index contributed by atoms with van der Waals surface area (Å²) in [5.41, 5.74) is 3.34. The number of benzene rings is 2. The van der Waals surface area contributed by atoms with Gasteiger partial charge in [-0.05, 0) is 105 Å². The first-order chi connectivity index (χ1) is 23.1. The zero-order chi connectivity index (χ0) is 33.5. The van der Waals surface area contributed by atoms with Crippen LogP contribution in [0.3, 0.4) is 0 Å². The van der Waals surface area contributed by atoms with Gasteiger partial charge < -0.3 is 24.2 Å². The third-order valence-corrected chi connectivity index (χ3v) is 12.6. The third-order valence-electron chi connectivity index (χ3n) is 10.7. The first-order valence-electron chi connectivity index (χ1n) is 16.9. The Morgan fingerprint density at radius 1 is 1.17 bits per heavy atom. The van der Waals surface area contributed by atoms with E-state index in [1.54, 1.807) is 31.2 Å². The van der Waals surface area contributed by atoms with E-state index in [0.29, 0.717) is 43.6 Å². The molecule has 1 unspecified atom stereocenters. The highest BCUT2D eigenvalue weighted by atomic mass is 35.5. The van der Waals surface area contributed by atoms with Crippen molar-refractivity contribution in [2.75, 3.05) is 37.0 Å². The van der Waals surface area contributed by atoms with Gasteiger partial charge in [0.2, 0.25) is 15.0 Å². The molecule has 12 heteroatoms. The number of aromatic carboxylic acids is 1. The van der Waals surface area contributed by atoms with Crippen LogP contribution in [0.4, 0.5) is 5.69 Å². The smallest absolute Gasteiger partial charge is 0.335 e. The van der Waals surface area contributed by atoms with Crippen molar-refractivity contribution in [1.29, 1.82) is 0 Å². The van der Waals surface area contributed by atoms with E-state index < -0.39 is 21.9 Å². The van der Waals surface area contributed by atoms with E-state index in [2.05, 4.69) is 27.0 Å². The van der Waals surface area contributed by atoms with Gasteiger partial charge in [0.05, 0.1) is 41.9 Å². The van der Waals surface area contributed by atoms with E-state index in [4.69, 9.17) is 25.8 Å². The van der Waals surface area contributed by atoms with Crippen LogP contribution in [0.5, 0.6) is 5.75 Å². The molecule has 6 atom stereocenters. The molecule has 2 aliphatic heterocycles. The quantitative estimate of drug-likeness (QED) is 0.276. The van der Waals surface area contributed by atoms with Crippen molar-refractivity contribution < 1.29 is 32.5 Å². The molecule has 48 heavy (non-hydrogen) atoms. The van der Waals surface area contributed by atoms with Gasteiger partial charge in [0.15, 0.2) is 0 Å². The van der Waals surface area contributed by atoms with Crippen LogP contribution >= 0.6 is 11.6 Å². The summed E-state index contributed by atoms with van der Waals surface area (Å²) in [5.74, 6) is 0.219. The third kappa shape index (κ3) is 6.79. The number of ether oxygens (including phenoxy) is 3. The molecule has 3 heterocycles. The predicted octanol–water partition coefficient (Wildman–Crippen LogP) is 5.75. The first kappa shape index (κ1) is 33.3. The van der Waals surface area contributed by atoms with Crippen LogP contribution < -0.4 is 9.64 Å². The largest absolute Gasteiger partial charge is 0.490 e. The molecule has 10 nitrogen and oxygen atoms in total. The van der Waals surface area contributed by atoms with Crippen molar-refractivity contribution in [3.8, 4) is 5.75 Å². The standard InChI is InChI=1S/C36H42ClN3O7S/c1-23(20-48(43,44)35-38-13-3-14-39-35)47-28-11-15-45-33(18-28)29-8-5-26(29)19-40-21-36(12-2-4-24-16-27(37)7-9-30(24)36)22-46-32-10-6-25(34(41)42)17-31(32)40/h3,6-7,9-10,13-14,16-17,23,26,28-29,33H,2,4-5,8,11-12,15,18-22H2,1H3,(H,41,42)/t23-,26-,28-,29+,33-,36?/m0/s1. The lowest BCUT2D eigenvalue weighted by Crippen LogP contribution is -2.51. The number of halogens is 1. The number of fused-ring (bicyclic) bond motifs is 3. The van der Waals surface area contributed by atoms with Gasteiger partial charge in [0, 0.05) is 48.9 Å². The lowest BCUT2D eigenvalue weighted by Gasteiger charge is -2.48. The number of rotatable bonds is 9. The Balaban J connectivity index is 1.08. The van der Waals surface area contributed by atoms with Gasteiger partial charge in [-0.15, -0.1) is 0 Å². The first-order valence-corrected chi connectivity index (χ1v) is 18.9. The molecule has 2 aliphatic carbocycles. The van der Waals surface area contributed by atoms with Gasteiger partial charge in [-0.2, -0.15) is 0 Å². The zero-order valence-corrected chi connectivity index (χ0v) is 28.7. The van der Waals surface area contributed by atoms with Crippen molar-refractivity contribution in [2.24, 2.45) is 11.8 Å². The maximum Gasteiger partial charge on any atom is 0.335 e. The molecule has 0 radical (unpaired) electrons. The summed E-state index contributed by atoms with van der Waals surface area (Å²) >= 11 is 6.41. The van der Waals surface area contributed by atoms with E-state index in [0.717, 1.165) is 55.9 Å². The molecule has 0 bridgehead atoms. The summed E-state index contributed by atoms with van der Waals surface area (Å²) < 4.78 is 44.8. The summed E-state index contributed by atoms with van der Waals surface area (Å²) in [4.78, 5) is 22.2.